The number of oxazole rings is 1. The van der Waals surface area contributed by atoms with E-state index >= 15 is 0 Å². The van der Waals surface area contributed by atoms with Gasteiger partial charge in [0.25, 0.3) is 5.91 Å². The third kappa shape index (κ3) is 3.45. The predicted molar refractivity (Wildman–Crippen MR) is 74.4 cm³/mol. The molecule has 7 heteroatoms. The summed E-state index contributed by atoms with van der Waals surface area (Å²) in [6.07, 6.45) is 1.34. The van der Waals surface area contributed by atoms with Gasteiger partial charge in [-0.2, -0.15) is 0 Å². The highest BCUT2D eigenvalue weighted by Gasteiger charge is 2.15. The van der Waals surface area contributed by atoms with E-state index in [9.17, 15) is 9.59 Å². The highest BCUT2D eigenvalue weighted by Crippen LogP contribution is 2.10. The molecule has 1 N–H and O–H groups in total. The number of nitrogens with zero attached hydrogens (tertiary/aromatic N) is 2. The molecular formula is C13H15N3O3S. The Hall–Kier alpha value is -2.15. The summed E-state index contributed by atoms with van der Waals surface area (Å²) in [7, 11) is 1.60. The van der Waals surface area contributed by atoms with Crippen LogP contribution in [-0.4, -0.2) is 35.3 Å². The predicted octanol–water partition coefficient (Wildman–Crippen LogP) is 1.43. The van der Waals surface area contributed by atoms with Crippen LogP contribution in [0.2, 0.25) is 0 Å². The second-order valence-electron chi connectivity index (χ2n) is 4.27. The van der Waals surface area contributed by atoms with Gasteiger partial charge in [0, 0.05) is 7.05 Å². The smallest absolute Gasteiger partial charge is 0.264 e. The third-order valence-electron chi connectivity index (χ3n) is 2.76. The molecule has 0 aliphatic rings. The molecule has 0 aromatic carbocycles. The summed E-state index contributed by atoms with van der Waals surface area (Å²) in [6, 6.07) is 3.54. The van der Waals surface area contributed by atoms with Crippen LogP contribution in [-0.2, 0) is 11.3 Å². The molecule has 0 saturated heterocycles. The number of carbonyl (C=O) groups is 2. The molecule has 0 fully saturated rings. The van der Waals surface area contributed by atoms with Crippen molar-refractivity contribution >= 4 is 23.2 Å². The van der Waals surface area contributed by atoms with Gasteiger partial charge >= 0.3 is 0 Å². The van der Waals surface area contributed by atoms with Crippen LogP contribution in [0.25, 0.3) is 0 Å². The van der Waals surface area contributed by atoms with Crippen molar-refractivity contribution in [1.82, 2.24) is 15.2 Å². The number of rotatable bonds is 5. The summed E-state index contributed by atoms with van der Waals surface area (Å²) < 4.78 is 5.04. The highest BCUT2D eigenvalue weighted by molar-refractivity contribution is 7.12. The van der Waals surface area contributed by atoms with E-state index in [1.807, 2.05) is 5.38 Å². The molecular weight excluding hydrogens is 278 g/mol. The number of likely N-dealkylation sites (N-methyl/N-ethyl adjacent to an activating group) is 1. The number of nitrogens with one attached hydrogen (secondary N) is 1. The second-order valence-corrected chi connectivity index (χ2v) is 5.22. The van der Waals surface area contributed by atoms with Gasteiger partial charge in [-0.3, -0.25) is 9.59 Å². The second kappa shape index (κ2) is 6.33. The van der Waals surface area contributed by atoms with Crippen LogP contribution in [0.4, 0.5) is 0 Å². The molecule has 2 rings (SSSR count). The number of aromatic nitrogens is 1. The molecule has 2 heterocycles. The van der Waals surface area contributed by atoms with Crippen LogP contribution in [0.15, 0.2) is 28.3 Å². The van der Waals surface area contributed by atoms with Gasteiger partial charge in [0.2, 0.25) is 5.91 Å². The van der Waals surface area contributed by atoms with Crippen molar-refractivity contribution in [1.29, 1.82) is 0 Å². The largest absolute Gasteiger partial charge is 0.448 e. The normalized spacial score (nSPS) is 10.3. The Balaban J connectivity index is 1.82. The topological polar surface area (TPSA) is 75.4 Å². The van der Waals surface area contributed by atoms with Crippen molar-refractivity contribution in [2.75, 3.05) is 13.6 Å². The fraction of sp³-hybridized carbons (Fsp3) is 0.308. The van der Waals surface area contributed by atoms with Crippen LogP contribution < -0.4 is 5.32 Å². The minimum absolute atomic E-state index is 0.00757. The highest BCUT2D eigenvalue weighted by atomic mass is 32.1. The minimum atomic E-state index is -0.236. The molecule has 0 unspecified atom stereocenters. The number of amides is 2. The first-order chi connectivity index (χ1) is 9.58. The first kappa shape index (κ1) is 14.3. The molecule has 2 aromatic rings. The maximum atomic E-state index is 12.0. The lowest BCUT2D eigenvalue weighted by atomic mass is 10.3. The number of hydrogen-bond donors (Lipinski definition) is 1. The molecule has 2 amide bonds. The minimum Gasteiger partial charge on any atom is -0.448 e. The molecule has 0 bridgehead atoms. The maximum Gasteiger partial charge on any atom is 0.264 e. The van der Waals surface area contributed by atoms with Crippen LogP contribution >= 0.6 is 11.3 Å². The summed E-state index contributed by atoms with van der Waals surface area (Å²) >= 11 is 1.35. The van der Waals surface area contributed by atoms with Gasteiger partial charge in [0.05, 0.1) is 18.0 Å². The van der Waals surface area contributed by atoms with Crippen molar-refractivity contribution in [3.8, 4) is 0 Å². The molecule has 0 saturated carbocycles. The molecule has 106 valence electrons. The third-order valence-corrected chi connectivity index (χ3v) is 3.61. The average molecular weight is 293 g/mol. The first-order valence-electron chi connectivity index (χ1n) is 6.02. The van der Waals surface area contributed by atoms with Crippen molar-refractivity contribution < 1.29 is 14.0 Å². The zero-order chi connectivity index (χ0) is 14.5. The van der Waals surface area contributed by atoms with Crippen molar-refractivity contribution in [3.63, 3.8) is 0 Å². The summed E-state index contributed by atoms with van der Waals surface area (Å²) in [5.41, 5.74) is 0.686. The summed E-state index contributed by atoms with van der Waals surface area (Å²) in [5, 5.41) is 4.53. The lowest BCUT2D eigenvalue weighted by molar-refractivity contribution is -0.121. The van der Waals surface area contributed by atoms with Crippen LogP contribution in [0.5, 0.6) is 0 Å². The van der Waals surface area contributed by atoms with Gasteiger partial charge in [-0.05, 0) is 18.4 Å². The number of carbonyl (C=O) groups excluding carboxylic acids is 2. The zero-order valence-electron chi connectivity index (χ0n) is 11.3. The maximum absolute atomic E-state index is 12.0. The molecule has 20 heavy (non-hydrogen) atoms. The van der Waals surface area contributed by atoms with Gasteiger partial charge in [-0.25, -0.2) is 4.98 Å². The molecule has 0 aliphatic heterocycles. The van der Waals surface area contributed by atoms with E-state index in [1.165, 1.54) is 22.6 Å². The van der Waals surface area contributed by atoms with Gasteiger partial charge in [-0.15, -0.1) is 11.3 Å². The fourth-order valence-electron chi connectivity index (χ4n) is 1.61. The van der Waals surface area contributed by atoms with Crippen molar-refractivity contribution in [2.24, 2.45) is 0 Å². The van der Waals surface area contributed by atoms with E-state index in [4.69, 9.17) is 4.42 Å². The van der Waals surface area contributed by atoms with Gasteiger partial charge < -0.3 is 14.6 Å². The Morgan fingerprint density at radius 3 is 2.90 bits per heavy atom. The quantitative estimate of drug-likeness (QED) is 0.905. The summed E-state index contributed by atoms with van der Waals surface area (Å²) in [4.78, 5) is 29.7. The van der Waals surface area contributed by atoms with Gasteiger partial charge in [0.1, 0.15) is 11.5 Å². The Labute approximate surface area is 120 Å². The zero-order valence-corrected chi connectivity index (χ0v) is 12.1. The number of thiophene rings is 1. The summed E-state index contributed by atoms with van der Waals surface area (Å²) in [6.45, 7) is 2.08. The molecule has 0 radical (unpaired) electrons. The Morgan fingerprint density at radius 2 is 2.30 bits per heavy atom. The monoisotopic (exact) mass is 293 g/mol. The van der Waals surface area contributed by atoms with E-state index in [0.29, 0.717) is 22.9 Å². The van der Waals surface area contributed by atoms with E-state index in [0.717, 1.165) is 0 Å². The SMILES string of the molecule is Cc1ocnc1CNC(=O)CN(C)C(=O)c1cccs1. The van der Waals surface area contributed by atoms with Gasteiger partial charge in [-0.1, -0.05) is 6.07 Å². The Morgan fingerprint density at radius 1 is 1.50 bits per heavy atom. The number of hydrogen-bond acceptors (Lipinski definition) is 5. The lowest BCUT2D eigenvalue weighted by Gasteiger charge is -2.15. The fourth-order valence-corrected chi connectivity index (χ4v) is 2.33. The Kier molecular flexibility index (Phi) is 4.52. The van der Waals surface area contributed by atoms with Crippen LogP contribution in [0, 0.1) is 6.92 Å². The molecule has 0 aliphatic carbocycles. The van der Waals surface area contributed by atoms with E-state index in [2.05, 4.69) is 10.3 Å². The lowest BCUT2D eigenvalue weighted by Crippen LogP contribution is -2.37. The van der Waals surface area contributed by atoms with Crippen molar-refractivity contribution in [3.05, 3.63) is 40.2 Å². The first-order valence-corrected chi connectivity index (χ1v) is 6.90. The average Bonchev–Trinajstić information content (AvgIpc) is 3.06. The standard InChI is InChI=1S/C13H15N3O3S/c1-9-10(15-8-19-9)6-14-12(17)7-16(2)13(18)11-4-3-5-20-11/h3-5,8H,6-7H2,1-2H3,(H,14,17). The number of aryl methyl sites for hydroxylation is 1. The van der Waals surface area contributed by atoms with Crippen LogP contribution in [0.1, 0.15) is 21.1 Å². The van der Waals surface area contributed by atoms with E-state index in [-0.39, 0.29) is 18.4 Å². The van der Waals surface area contributed by atoms with E-state index in [1.54, 1.807) is 26.1 Å². The molecule has 2 aromatic heterocycles. The van der Waals surface area contributed by atoms with Crippen molar-refractivity contribution in [2.45, 2.75) is 13.5 Å². The van der Waals surface area contributed by atoms with Gasteiger partial charge in [0.15, 0.2) is 6.39 Å². The van der Waals surface area contributed by atoms with E-state index < -0.39 is 0 Å². The molecule has 0 atom stereocenters. The Bertz CT molecular complexity index is 592. The molecule has 6 nitrogen and oxygen atoms in total. The molecule has 0 spiro atoms. The summed E-state index contributed by atoms with van der Waals surface area (Å²) in [5.74, 6) is 0.279. The van der Waals surface area contributed by atoms with Crippen LogP contribution in [0.3, 0.4) is 0 Å².